The quantitative estimate of drug-likeness (QED) is 0.703. The maximum Gasteiger partial charge on any atom is 0.324 e. The number of amides is 1. The molecule has 0 spiro atoms. The first-order valence-electron chi connectivity index (χ1n) is 8.84. The lowest BCUT2D eigenvalue weighted by Crippen LogP contribution is -2.57. The van der Waals surface area contributed by atoms with Gasteiger partial charge < -0.3 is 20.1 Å². The molecule has 1 aliphatic rings. The van der Waals surface area contributed by atoms with Crippen LogP contribution in [0.1, 0.15) is 5.56 Å². The Bertz CT molecular complexity index is 883. The first-order chi connectivity index (χ1) is 13.3. The Labute approximate surface area is 156 Å². The SMILES string of the molecule is O=C(NCc1cccnc1)[C@@H]1CN(c2nc(-c3ccccc3)no2)CCN1. The zero-order valence-electron chi connectivity index (χ0n) is 14.7. The summed E-state index contributed by atoms with van der Waals surface area (Å²) in [4.78, 5) is 22.9. The summed E-state index contributed by atoms with van der Waals surface area (Å²) in [6.45, 7) is 2.27. The van der Waals surface area contributed by atoms with Crippen LogP contribution in [-0.2, 0) is 11.3 Å². The van der Waals surface area contributed by atoms with Gasteiger partial charge in [0.1, 0.15) is 6.04 Å². The van der Waals surface area contributed by atoms with E-state index in [9.17, 15) is 4.79 Å². The van der Waals surface area contributed by atoms with Crippen LogP contribution in [0.3, 0.4) is 0 Å². The largest absolute Gasteiger partial charge is 0.351 e. The molecule has 1 aliphatic heterocycles. The number of aromatic nitrogens is 3. The highest BCUT2D eigenvalue weighted by atomic mass is 16.5. The molecule has 0 bridgehead atoms. The normalized spacial score (nSPS) is 16.9. The van der Waals surface area contributed by atoms with E-state index in [1.54, 1.807) is 12.4 Å². The summed E-state index contributed by atoms with van der Waals surface area (Å²) < 4.78 is 5.41. The fourth-order valence-corrected chi connectivity index (χ4v) is 2.96. The minimum atomic E-state index is -0.345. The summed E-state index contributed by atoms with van der Waals surface area (Å²) in [5, 5.41) is 10.2. The van der Waals surface area contributed by atoms with Crippen molar-refractivity contribution in [1.82, 2.24) is 25.8 Å². The number of nitrogens with one attached hydrogen (secondary N) is 2. The van der Waals surface area contributed by atoms with Gasteiger partial charge in [0.05, 0.1) is 0 Å². The van der Waals surface area contributed by atoms with Crippen molar-refractivity contribution in [1.29, 1.82) is 0 Å². The van der Waals surface area contributed by atoms with Gasteiger partial charge in [-0.2, -0.15) is 4.98 Å². The molecule has 0 radical (unpaired) electrons. The van der Waals surface area contributed by atoms with Crippen molar-refractivity contribution >= 4 is 11.9 Å². The van der Waals surface area contributed by atoms with Crippen molar-refractivity contribution in [3.63, 3.8) is 0 Å². The number of hydrogen-bond donors (Lipinski definition) is 2. The summed E-state index contributed by atoms with van der Waals surface area (Å²) in [5.74, 6) is 0.480. The molecule has 1 atom stereocenters. The minimum Gasteiger partial charge on any atom is -0.351 e. The van der Waals surface area contributed by atoms with Gasteiger partial charge in [-0.05, 0) is 11.6 Å². The van der Waals surface area contributed by atoms with E-state index in [0.29, 0.717) is 38.0 Å². The van der Waals surface area contributed by atoms with Crippen molar-refractivity contribution in [2.24, 2.45) is 0 Å². The first-order valence-corrected chi connectivity index (χ1v) is 8.84. The van der Waals surface area contributed by atoms with Gasteiger partial charge in [0.15, 0.2) is 0 Å². The summed E-state index contributed by atoms with van der Waals surface area (Å²) in [7, 11) is 0. The number of pyridine rings is 1. The van der Waals surface area contributed by atoms with E-state index < -0.39 is 0 Å². The van der Waals surface area contributed by atoms with E-state index in [1.807, 2.05) is 47.4 Å². The van der Waals surface area contributed by atoms with Crippen LogP contribution >= 0.6 is 0 Å². The topological polar surface area (TPSA) is 96.2 Å². The fourth-order valence-electron chi connectivity index (χ4n) is 2.96. The fraction of sp³-hybridized carbons (Fsp3) is 0.263. The highest BCUT2D eigenvalue weighted by Gasteiger charge is 2.28. The van der Waals surface area contributed by atoms with Gasteiger partial charge in [-0.3, -0.25) is 9.78 Å². The van der Waals surface area contributed by atoms with Gasteiger partial charge in [0, 0.05) is 44.1 Å². The number of nitrogens with zero attached hydrogens (tertiary/aromatic N) is 4. The van der Waals surface area contributed by atoms with Crippen LogP contribution in [-0.4, -0.2) is 46.7 Å². The van der Waals surface area contributed by atoms with E-state index in [0.717, 1.165) is 11.1 Å². The van der Waals surface area contributed by atoms with Crippen LogP contribution in [0.2, 0.25) is 0 Å². The number of carbonyl (C=O) groups excluding carboxylic acids is 1. The average Bonchev–Trinajstić information content (AvgIpc) is 3.24. The van der Waals surface area contributed by atoms with Gasteiger partial charge in [-0.15, -0.1) is 0 Å². The molecule has 1 fully saturated rings. The van der Waals surface area contributed by atoms with Gasteiger partial charge in [-0.25, -0.2) is 0 Å². The smallest absolute Gasteiger partial charge is 0.324 e. The minimum absolute atomic E-state index is 0.0636. The van der Waals surface area contributed by atoms with Crippen LogP contribution in [0, 0.1) is 0 Å². The second-order valence-electron chi connectivity index (χ2n) is 6.30. The highest BCUT2D eigenvalue weighted by Crippen LogP contribution is 2.20. The summed E-state index contributed by atoms with van der Waals surface area (Å²) >= 11 is 0. The standard InChI is InChI=1S/C19H20N6O2/c26-18(22-12-14-5-4-8-20-11-14)16-13-25(10-9-21-16)19-23-17(24-27-19)15-6-2-1-3-7-15/h1-8,11,16,21H,9-10,12-13H2,(H,22,26)/t16-/m0/s1. The Kier molecular flexibility index (Phi) is 5.06. The van der Waals surface area contributed by atoms with Crippen LogP contribution in [0.5, 0.6) is 0 Å². The molecule has 0 aliphatic carbocycles. The average molecular weight is 364 g/mol. The van der Waals surface area contributed by atoms with Gasteiger partial charge >= 0.3 is 6.01 Å². The predicted octanol–water partition coefficient (Wildman–Crippen LogP) is 1.23. The summed E-state index contributed by atoms with van der Waals surface area (Å²) in [6, 6.07) is 13.5. The van der Waals surface area contributed by atoms with Gasteiger partial charge in [0.2, 0.25) is 11.7 Å². The lowest BCUT2D eigenvalue weighted by molar-refractivity contribution is -0.123. The molecular weight excluding hydrogens is 344 g/mol. The Morgan fingerprint density at radius 3 is 2.96 bits per heavy atom. The third-order valence-corrected chi connectivity index (χ3v) is 4.40. The lowest BCUT2D eigenvalue weighted by atomic mass is 10.2. The number of piperazine rings is 1. The zero-order valence-corrected chi connectivity index (χ0v) is 14.7. The molecule has 3 aromatic rings. The molecule has 27 heavy (non-hydrogen) atoms. The molecule has 138 valence electrons. The molecule has 0 unspecified atom stereocenters. The van der Waals surface area contributed by atoms with E-state index in [4.69, 9.17) is 4.52 Å². The van der Waals surface area contributed by atoms with Crippen molar-refractivity contribution in [3.05, 3.63) is 60.4 Å². The second kappa shape index (κ2) is 7.96. The third kappa shape index (κ3) is 4.12. The van der Waals surface area contributed by atoms with E-state index >= 15 is 0 Å². The molecule has 1 aromatic carbocycles. The number of rotatable bonds is 5. The maximum absolute atomic E-state index is 12.5. The van der Waals surface area contributed by atoms with Crippen LogP contribution in [0.25, 0.3) is 11.4 Å². The molecule has 4 rings (SSSR count). The molecule has 0 saturated carbocycles. The van der Waals surface area contributed by atoms with Crippen molar-refractivity contribution in [3.8, 4) is 11.4 Å². The Morgan fingerprint density at radius 2 is 2.15 bits per heavy atom. The van der Waals surface area contributed by atoms with Gasteiger partial charge in [0.25, 0.3) is 0 Å². The first kappa shape index (κ1) is 17.2. The maximum atomic E-state index is 12.5. The Morgan fingerprint density at radius 1 is 1.26 bits per heavy atom. The number of carbonyl (C=O) groups is 1. The Balaban J connectivity index is 1.38. The van der Waals surface area contributed by atoms with E-state index in [-0.39, 0.29) is 11.9 Å². The molecule has 8 heteroatoms. The predicted molar refractivity (Wildman–Crippen MR) is 99.8 cm³/mol. The second-order valence-corrected chi connectivity index (χ2v) is 6.30. The molecule has 2 aromatic heterocycles. The van der Waals surface area contributed by atoms with Crippen molar-refractivity contribution in [2.75, 3.05) is 24.5 Å². The van der Waals surface area contributed by atoms with Gasteiger partial charge in [-0.1, -0.05) is 41.6 Å². The van der Waals surface area contributed by atoms with Crippen molar-refractivity contribution < 1.29 is 9.32 Å². The number of benzene rings is 1. The third-order valence-electron chi connectivity index (χ3n) is 4.40. The number of anilines is 1. The van der Waals surface area contributed by atoms with E-state index in [1.165, 1.54) is 0 Å². The molecule has 3 heterocycles. The molecule has 2 N–H and O–H groups in total. The molecule has 1 amide bonds. The van der Waals surface area contributed by atoms with Crippen LogP contribution in [0.4, 0.5) is 6.01 Å². The molecule has 1 saturated heterocycles. The molecular formula is C19H20N6O2. The van der Waals surface area contributed by atoms with Crippen LogP contribution in [0.15, 0.2) is 59.4 Å². The molecule has 8 nitrogen and oxygen atoms in total. The number of hydrogen-bond acceptors (Lipinski definition) is 7. The Hall–Kier alpha value is -3.26. The monoisotopic (exact) mass is 364 g/mol. The van der Waals surface area contributed by atoms with E-state index in [2.05, 4.69) is 25.8 Å². The summed E-state index contributed by atoms with van der Waals surface area (Å²) in [5.41, 5.74) is 1.86. The highest BCUT2D eigenvalue weighted by molar-refractivity contribution is 5.82. The van der Waals surface area contributed by atoms with Crippen LogP contribution < -0.4 is 15.5 Å². The van der Waals surface area contributed by atoms with Crippen molar-refractivity contribution in [2.45, 2.75) is 12.6 Å². The zero-order chi connectivity index (χ0) is 18.5. The summed E-state index contributed by atoms with van der Waals surface area (Å²) in [6.07, 6.45) is 3.45. The lowest BCUT2D eigenvalue weighted by Gasteiger charge is -2.31.